The molecular weight excluding hydrogens is 330 g/mol. The van der Waals surface area contributed by atoms with E-state index in [0.717, 1.165) is 4.47 Å². The Morgan fingerprint density at radius 1 is 1.32 bits per heavy atom. The fourth-order valence-corrected chi connectivity index (χ4v) is 2.24. The van der Waals surface area contributed by atoms with Crippen LogP contribution in [-0.4, -0.2) is 17.9 Å². The highest BCUT2D eigenvalue weighted by atomic mass is 79.9. The van der Waals surface area contributed by atoms with E-state index in [9.17, 15) is 4.79 Å². The molecule has 0 aliphatic carbocycles. The van der Waals surface area contributed by atoms with Gasteiger partial charge < -0.3 is 10.6 Å². The van der Waals surface area contributed by atoms with Crippen molar-refractivity contribution in [2.75, 3.05) is 17.7 Å². The van der Waals surface area contributed by atoms with Crippen LogP contribution in [0.25, 0.3) is 0 Å². The average molecular weight is 341 g/mol. The number of hydrogen-bond acceptors (Lipinski definition) is 3. The number of nitrogens with zero attached hydrogens (tertiary/aromatic N) is 1. The Morgan fingerprint density at radius 3 is 2.68 bits per heavy atom. The molecule has 2 aromatic rings. The highest BCUT2D eigenvalue weighted by Gasteiger charge is 2.09. The van der Waals surface area contributed by atoms with Crippen molar-refractivity contribution in [2.45, 2.75) is 0 Å². The van der Waals surface area contributed by atoms with E-state index in [1.54, 1.807) is 37.4 Å². The number of carbonyl (C=O) groups is 1. The zero-order chi connectivity index (χ0) is 13.8. The van der Waals surface area contributed by atoms with Crippen LogP contribution in [0.15, 0.2) is 41.0 Å². The van der Waals surface area contributed by atoms with Gasteiger partial charge in [-0.05, 0) is 46.3 Å². The first kappa shape index (κ1) is 13.8. The Balaban J connectivity index is 2.15. The summed E-state index contributed by atoms with van der Waals surface area (Å²) in [4.78, 5) is 16.1. The minimum absolute atomic E-state index is 0.224. The minimum Gasteiger partial charge on any atom is -0.373 e. The summed E-state index contributed by atoms with van der Waals surface area (Å²) in [6.45, 7) is 0. The summed E-state index contributed by atoms with van der Waals surface area (Å²) >= 11 is 9.19. The summed E-state index contributed by atoms with van der Waals surface area (Å²) in [5.74, 6) is 0.488. The van der Waals surface area contributed by atoms with Crippen molar-refractivity contribution in [3.63, 3.8) is 0 Å². The van der Waals surface area contributed by atoms with Crippen molar-refractivity contribution in [3.05, 3.63) is 51.6 Å². The number of aromatic nitrogens is 1. The number of amides is 1. The number of rotatable bonds is 3. The molecular formula is C13H11BrClN3O. The molecule has 0 spiro atoms. The molecule has 2 rings (SSSR count). The molecule has 1 amide bonds. The van der Waals surface area contributed by atoms with Crippen molar-refractivity contribution in [3.8, 4) is 0 Å². The van der Waals surface area contributed by atoms with Crippen LogP contribution in [0, 0.1) is 0 Å². The molecule has 0 saturated carbocycles. The van der Waals surface area contributed by atoms with Gasteiger partial charge in [-0.15, -0.1) is 0 Å². The lowest BCUT2D eigenvalue weighted by Gasteiger charge is -2.08. The van der Waals surface area contributed by atoms with Crippen LogP contribution in [-0.2, 0) is 0 Å². The third kappa shape index (κ3) is 3.45. The zero-order valence-electron chi connectivity index (χ0n) is 10.1. The van der Waals surface area contributed by atoms with Gasteiger partial charge in [0.2, 0.25) is 0 Å². The van der Waals surface area contributed by atoms with Crippen LogP contribution < -0.4 is 10.6 Å². The standard InChI is InChI=1S/C13H11BrClN3O/c1-16-12-5-2-8(7-17-12)13(19)18-11-4-3-9(15)6-10(11)14/h2-7H,1H3,(H,16,17)(H,18,19). The van der Waals surface area contributed by atoms with Gasteiger partial charge in [-0.3, -0.25) is 4.79 Å². The predicted octanol–water partition coefficient (Wildman–Crippen LogP) is 3.79. The van der Waals surface area contributed by atoms with E-state index in [1.165, 1.54) is 6.20 Å². The number of halogens is 2. The number of hydrogen-bond donors (Lipinski definition) is 2. The third-order valence-corrected chi connectivity index (χ3v) is 3.35. The summed E-state index contributed by atoms with van der Waals surface area (Å²) in [6.07, 6.45) is 1.52. The number of pyridine rings is 1. The molecule has 1 heterocycles. The Morgan fingerprint density at radius 2 is 2.11 bits per heavy atom. The van der Waals surface area contributed by atoms with E-state index in [4.69, 9.17) is 11.6 Å². The summed E-state index contributed by atoms with van der Waals surface area (Å²) in [5.41, 5.74) is 1.15. The predicted molar refractivity (Wildman–Crippen MR) is 80.9 cm³/mol. The van der Waals surface area contributed by atoms with Gasteiger partial charge in [0.05, 0.1) is 11.3 Å². The van der Waals surface area contributed by atoms with E-state index < -0.39 is 0 Å². The van der Waals surface area contributed by atoms with Gasteiger partial charge in [-0.2, -0.15) is 0 Å². The monoisotopic (exact) mass is 339 g/mol. The van der Waals surface area contributed by atoms with Gasteiger partial charge in [0, 0.05) is 22.7 Å². The largest absolute Gasteiger partial charge is 0.373 e. The molecule has 0 bridgehead atoms. The van der Waals surface area contributed by atoms with E-state index in [2.05, 4.69) is 31.5 Å². The van der Waals surface area contributed by atoms with Crippen LogP contribution in [0.5, 0.6) is 0 Å². The molecule has 4 nitrogen and oxygen atoms in total. The van der Waals surface area contributed by atoms with Crippen LogP contribution in [0.4, 0.5) is 11.5 Å². The second-order valence-corrected chi connectivity index (χ2v) is 5.05. The van der Waals surface area contributed by atoms with E-state index in [0.29, 0.717) is 22.1 Å². The van der Waals surface area contributed by atoms with Gasteiger partial charge in [0.15, 0.2) is 0 Å². The van der Waals surface area contributed by atoms with Crippen LogP contribution in [0.1, 0.15) is 10.4 Å². The molecule has 0 fully saturated rings. The molecule has 1 aromatic carbocycles. The average Bonchev–Trinajstić information content (AvgIpc) is 2.42. The summed E-state index contributed by atoms with van der Waals surface area (Å²) in [6, 6.07) is 8.62. The fraction of sp³-hybridized carbons (Fsp3) is 0.0769. The van der Waals surface area contributed by atoms with Gasteiger partial charge in [-0.25, -0.2) is 4.98 Å². The van der Waals surface area contributed by atoms with Crippen molar-refractivity contribution in [2.24, 2.45) is 0 Å². The third-order valence-electron chi connectivity index (χ3n) is 2.46. The second kappa shape index (κ2) is 6.04. The Kier molecular flexibility index (Phi) is 4.39. The number of carbonyl (C=O) groups excluding carboxylic acids is 1. The summed E-state index contributed by atoms with van der Waals surface area (Å²) in [7, 11) is 1.77. The van der Waals surface area contributed by atoms with E-state index >= 15 is 0 Å². The van der Waals surface area contributed by atoms with Crippen LogP contribution in [0.3, 0.4) is 0 Å². The van der Waals surface area contributed by atoms with Gasteiger partial charge in [0.1, 0.15) is 5.82 Å². The first-order valence-electron chi connectivity index (χ1n) is 5.50. The lowest BCUT2D eigenvalue weighted by Crippen LogP contribution is -2.12. The number of benzene rings is 1. The van der Waals surface area contributed by atoms with Gasteiger partial charge >= 0.3 is 0 Å². The first-order valence-corrected chi connectivity index (χ1v) is 6.67. The van der Waals surface area contributed by atoms with Crippen molar-refractivity contribution in [1.82, 2.24) is 4.98 Å². The Labute approximate surface area is 124 Å². The Bertz CT molecular complexity index is 601. The normalized spacial score (nSPS) is 10.1. The van der Waals surface area contributed by atoms with Crippen molar-refractivity contribution in [1.29, 1.82) is 0 Å². The van der Waals surface area contributed by atoms with Crippen molar-refractivity contribution < 1.29 is 4.79 Å². The smallest absolute Gasteiger partial charge is 0.257 e. The molecule has 1 aromatic heterocycles. The molecule has 0 radical (unpaired) electrons. The molecule has 2 N–H and O–H groups in total. The second-order valence-electron chi connectivity index (χ2n) is 3.76. The molecule has 0 aliphatic rings. The van der Waals surface area contributed by atoms with E-state index in [1.807, 2.05) is 0 Å². The number of nitrogens with one attached hydrogen (secondary N) is 2. The lowest BCUT2D eigenvalue weighted by atomic mass is 10.2. The van der Waals surface area contributed by atoms with Gasteiger partial charge in [0.25, 0.3) is 5.91 Å². The van der Waals surface area contributed by atoms with Crippen LogP contribution >= 0.6 is 27.5 Å². The first-order chi connectivity index (χ1) is 9.10. The van der Waals surface area contributed by atoms with Crippen LogP contribution in [0.2, 0.25) is 5.02 Å². The maximum absolute atomic E-state index is 12.0. The summed E-state index contributed by atoms with van der Waals surface area (Å²) in [5, 5.41) is 6.28. The molecule has 0 aliphatic heterocycles. The maximum Gasteiger partial charge on any atom is 0.257 e. The summed E-state index contributed by atoms with van der Waals surface area (Å²) < 4.78 is 0.730. The maximum atomic E-state index is 12.0. The number of anilines is 2. The molecule has 0 saturated heterocycles. The topological polar surface area (TPSA) is 54.0 Å². The molecule has 0 unspecified atom stereocenters. The molecule has 19 heavy (non-hydrogen) atoms. The minimum atomic E-state index is -0.224. The quantitative estimate of drug-likeness (QED) is 0.894. The SMILES string of the molecule is CNc1ccc(C(=O)Nc2ccc(Cl)cc2Br)cn1. The fourth-order valence-electron chi connectivity index (χ4n) is 1.46. The van der Waals surface area contributed by atoms with Crippen molar-refractivity contribution >= 4 is 44.9 Å². The molecule has 98 valence electrons. The van der Waals surface area contributed by atoms with Gasteiger partial charge in [-0.1, -0.05) is 11.6 Å². The Hall–Kier alpha value is -1.59. The zero-order valence-corrected chi connectivity index (χ0v) is 12.4. The lowest BCUT2D eigenvalue weighted by molar-refractivity contribution is 0.102. The molecule has 6 heteroatoms. The van der Waals surface area contributed by atoms with E-state index in [-0.39, 0.29) is 5.91 Å². The molecule has 0 atom stereocenters. The highest BCUT2D eigenvalue weighted by molar-refractivity contribution is 9.10. The highest BCUT2D eigenvalue weighted by Crippen LogP contribution is 2.26.